The monoisotopic (exact) mass is 532 g/mol. The normalized spacial score (nSPS) is 15.9. The second-order valence-corrected chi connectivity index (χ2v) is 9.33. The van der Waals surface area contributed by atoms with Crippen LogP contribution in [0.5, 0.6) is 0 Å². The van der Waals surface area contributed by atoms with Gasteiger partial charge in [0.2, 0.25) is 23.6 Å². The Morgan fingerprint density at radius 3 is 2.16 bits per heavy atom. The number of aliphatic carboxylic acids is 1. The Labute approximate surface area is 219 Å². The number of hydrogen-bond acceptors (Lipinski definition) is 7. The van der Waals surface area contributed by atoms with E-state index in [0.717, 1.165) is 10.9 Å². The molecule has 0 aliphatic heterocycles. The van der Waals surface area contributed by atoms with Crippen LogP contribution in [0.15, 0.2) is 30.5 Å². The number of amides is 4. The first-order valence-corrected chi connectivity index (χ1v) is 12.3. The number of aliphatic hydroxyl groups excluding tert-OH is 1. The summed E-state index contributed by atoms with van der Waals surface area (Å²) in [5, 5.41) is 27.3. The van der Waals surface area contributed by atoms with E-state index in [0.29, 0.717) is 12.0 Å². The lowest BCUT2D eigenvalue weighted by Crippen LogP contribution is -2.59. The van der Waals surface area contributed by atoms with Crippen LogP contribution in [-0.4, -0.2) is 75.1 Å². The van der Waals surface area contributed by atoms with E-state index in [2.05, 4.69) is 20.9 Å². The highest BCUT2D eigenvalue weighted by molar-refractivity contribution is 5.96. The molecule has 13 nitrogen and oxygen atoms in total. The number of primary amides is 1. The van der Waals surface area contributed by atoms with Crippen LogP contribution in [0, 0.1) is 5.92 Å². The highest BCUT2D eigenvalue weighted by Gasteiger charge is 2.33. The molecule has 6 unspecified atom stereocenters. The molecular formula is C25H36N6O7. The van der Waals surface area contributed by atoms with Crippen LogP contribution in [0.3, 0.4) is 0 Å². The highest BCUT2D eigenvalue weighted by atomic mass is 16.4. The summed E-state index contributed by atoms with van der Waals surface area (Å²) < 4.78 is 0. The number of hydrogen-bond donors (Lipinski definition) is 8. The van der Waals surface area contributed by atoms with E-state index < -0.39 is 72.2 Å². The maximum absolute atomic E-state index is 13.4. The van der Waals surface area contributed by atoms with Crippen LogP contribution in [0.25, 0.3) is 10.9 Å². The summed E-state index contributed by atoms with van der Waals surface area (Å²) in [7, 11) is 0. The van der Waals surface area contributed by atoms with Gasteiger partial charge in [0.1, 0.15) is 24.2 Å². The van der Waals surface area contributed by atoms with Gasteiger partial charge in [0, 0.05) is 23.5 Å². The van der Waals surface area contributed by atoms with Gasteiger partial charge in [-0.2, -0.15) is 0 Å². The average molecular weight is 533 g/mol. The zero-order valence-electron chi connectivity index (χ0n) is 21.6. The highest BCUT2D eigenvalue weighted by Crippen LogP contribution is 2.19. The largest absolute Gasteiger partial charge is 0.480 e. The van der Waals surface area contributed by atoms with Gasteiger partial charge in [0.05, 0.1) is 12.5 Å². The van der Waals surface area contributed by atoms with Crippen molar-refractivity contribution in [3.63, 3.8) is 0 Å². The maximum Gasteiger partial charge on any atom is 0.326 e. The van der Waals surface area contributed by atoms with E-state index in [1.54, 1.807) is 26.1 Å². The number of aromatic amines is 1. The second kappa shape index (κ2) is 13.5. The lowest BCUT2D eigenvalue weighted by molar-refractivity contribution is -0.144. The van der Waals surface area contributed by atoms with Crippen molar-refractivity contribution in [3.05, 3.63) is 36.0 Å². The fourth-order valence-electron chi connectivity index (χ4n) is 3.84. The Kier molecular flexibility index (Phi) is 10.8. The quantitative estimate of drug-likeness (QED) is 0.148. The molecule has 13 heteroatoms. The van der Waals surface area contributed by atoms with Crippen LogP contribution in [-0.2, 0) is 30.4 Å². The molecule has 2 aromatic rings. The molecule has 208 valence electrons. The number of aromatic nitrogens is 1. The third-order valence-corrected chi connectivity index (χ3v) is 6.37. The molecule has 2 rings (SSSR count). The Morgan fingerprint density at radius 2 is 1.58 bits per heavy atom. The molecule has 1 heterocycles. The number of nitrogens with two attached hydrogens (primary N) is 2. The number of para-hydroxylation sites is 1. The number of carboxylic acids is 1. The molecule has 4 amide bonds. The number of nitrogens with one attached hydrogen (secondary N) is 4. The minimum atomic E-state index is -1.50. The molecule has 0 aliphatic rings. The van der Waals surface area contributed by atoms with Gasteiger partial charge in [-0.25, -0.2) is 4.79 Å². The molecule has 38 heavy (non-hydrogen) atoms. The van der Waals surface area contributed by atoms with Crippen LogP contribution in [0.1, 0.15) is 39.2 Å². The fraction of sp³-hybridized carbons (Fsp3) is 0.480. The molecule has 0 aliphatic carbocycles. The Bertz CT molecular complexity index is 1160. The van der Waals surface area contributed by atoms with Gasteiger partial charge in [0.15, 0.2) is 0 Å². The standard InChI is InChI=1S/C25H36N6O7/c1-4-12(2)21(25(37)38)31-23(35)18(10-19(26)33)29-22(34)17(30-24(36)20(27)13(3)32)9-14-11-28-16-8-6-5-7-15(14)16/h5-8,11-13,17-18,20-21,28,32H,4,9-10,27H2,1-3H3,(H2,26,33)(H,29,34)(H,30,36)(H,31,35)(H,37,38). The number of carbonyl (C=O) groups excluding carboxylic acids is 4. The SMILES string of the molecule is CCC(C)C(NC(=O)C(CC(N)=O)NC(=O)C(Cc1c[nH]c2ccccc12)NC(=O)C(N)C(C)O)C(=O)O. The summed E-state index contributed by atoms with van der Waals surface area (Å²) in [6.45, 7) is 4.71. The van der Waals surface area contributed by atoms with Crippen molar-refractivity contribution >= 4 is 40.5 Å². The van der Waals surface area contributed by atoms with Crippen molar-refractivity contribution in [2.75, 3.05) is 0 Å². The smallest absolute Gasteiger partial charge is 0.326 e. The first-order valence-electron chi connectivity index (χ1n) is 12.3. The first kappa shape index (κ1) is 30.3. The van der Waals surface area contributed by atoms with Crippen LogP contribution in [0.2, 0.25) is 0 Å². The van der Waals surface area contributed by atoms with Crippen LogP contribution in [0.4, 0.5) is 0 Å². The van der Waals surface area contributed by atoms with Crippen molar-refractivity contribution in [2.45, 2.75) is 70.3 Å². The summed E-state index contributed by atoms with van der Waals surface area (Å²) in [5.74, 6) is -5.17. The van der Waals surface area contributed by atoms with Gasteiger partial charge >= 0.3 is 5.97 Å². The van der Waals surface area contributed by atoms with Gasteiger partial charge in [-0.3, -0.25) is 19.2 Å². The third-order valence-electron chi connectivity index (χ3n) is 6.37. The number of benzene rings is 1. The summed E-state index contributed by atoms with van der Waals surface area (Å²) in [6.07, 6.45) is 0.290. The number of rotatable bonds is 14. The molecule has 0 saturated heterocycles. The van der Waals surface area contributed by atoms with Crippen molar-refractivity contribution in [2.24, 2.45) is 17.4 Å². The van der Waals surface area contributed by atoms with Crippen molar-refractivity contribution in [3.8, 4) is 0 Å². The second-order valence-electron chi connectivity index (χ2n) is 9.33. The lowest BCUT2D eigenvalue weighted by atomic mass is 9.98. The summed E-state index contributed by atoms with van der Waals surface area (Å²) >= 11 is 0. The van der Waals surface area contributed by atoms with Crippen LogP contribution < -0.4 is 27.4 Å². The minimum absolute atomic E-state index is 0.0242. The van der Waals surface area contributed by atoms with Crippen molar-refractivity contribution in [1.29, 1.82) is 0 Å². The average Bonchev–Trinajstić information content (AvgIpc) is 3.27. The molecule has 0 radical (unpaired) electrons. The predicted molar refractivity (Wildman–Crippen MR) is 138 cm³/mol. The summed E-state index contributed by atoms with van der Waals surface area (Å²) in [5.41, 5.74) is 12.5. The van der Waals surface area contributed by atoms with E-state index in [9.17, 15) is 34.2 Å². The zero-order chi connectivity index (χ0) is 28.6. The maximum atomic E-state index is 13.4. The van der Waals surface area contributed by atoms with E-state index in [1.807, 2.05) is 18.2 Å². The molecular weight excluding hydrogens is 496 g/mol. The third kappa shape index (κ3) is 8.02. The lowest BCUT2D eigenvalue weighted by Gasteiger charge is -2.26. The zero-order valence-corrected chi connectivity index (χ0v) is 21.6. The van der Waals surface area contributed by atoms with Gasteiger partial charge < -0.3 is 42.6 Å². The Morgan fingerprint density at radius 1 is 0.974 bits per heavy atom. The topological polar surface area (TPSA) is 230 Å². The van der Waals surface area contributed by atoms with E-state index in [1.165, 1.54) is 6.92 Å². The van der Waals surface area contributed by atoms with E-state index in [4.69, 9.17) is 11.5 Å². The molecule has 0 fully saturated rings. The first-order chi connectivity index (χ1) is 17.8. The van der Waals surface area contributed by atoms with Gasteiger partial charge in [-0.15, -0.1) is 0 Å². The molecule has 0 spiro atoms. The molecule has 6 atom stereocenters. The van der Waals surface area contributed by atoms with Gasteiger partial charge in [0.25, 0.3) is 0 Å². The predicted octanol–water partition coefficient (Wildman–Crippen LogP) is -1.12. The molecule has 0 saturated carbocycles. The van der Waals surface area contributed by atoms with Gasteiger partial charge in [-0.05, 0) is 24.5 Å². The number of H-pyrrole nitrogens is 1. The minimum Gasteiger partial charge on any atom is -0.480 e. The number of fused-ring (bicyclic) bond motifs is 1. The van der Waals surface area contributed by atoms with Crippen molar-refractivity contribution < 1.29 is 34.2 Å². The molecule has 0 bridgehead atoms. The fourth-order valence-corrected chi connectivity index (χ4v) is 3.84. The summed E-state index contributed by atoms with van der Waals surface area (Å²) in [4.78, 5) is 65.3. The molecule has 1 aromatic heterocycles. The Balaban J connectivity index is 2.33. The summed E-state index contributed by atoms with van der Waals surface area (Å²) in [6, 6.07) is 1.93. The molecule has 1 aromatic carbocycles. The van der Waals surface area contributed by atoms with Crippen molar-refractivity contribution in [1.82, 2.24) is 20.9 Å². The van der Waals surface area contributed by atoms with Gasteiger partial charge in [-0.1, -0.05) is 38.5 Å². The number of carboxylic acid groups (broad SMARTS) is 1. The number of carbonyl (C=O) groups is 5. The van der Waals surface area contributed by atoms with Crippen LogP contribution >= 0.6 is 0 Å². The van der Waals surface area contributed by atoms with E-state index >= 15 is 0 Å². The Hall–Kier alpha value is -3.97. The van der Waals surface area contributed by atoms with E-state index in [-0.39, 0.29) is 6.42 Å². The molecule has 10 N–H and O–H groups in total. The number of aliphatic hydroxyl groups is 1.